The van der Waals surface area contributed by atoms with E-state index in [0.717, 1.165) is 5.56 Å². The molecule has 0 heterocycles. The molecule has 0 fully saturated rings. The molecular formula is C10H11F. The van der Waals surface area contributed by atoms with Crippen molar-refractivity contribution in [2.45, 2.75) is 12.6 Å². The average Bonchev–Trinajstić information content (AvgIpc) is 2.07. The lowest BCUT2D eigenvalue weighted by molar-refractivity contribution is 0.347. The van der Waals surface area contributed by atoms with Crippen molar-refractivity contribution in [3.8, 4) is 0 Å². The Kier molecular flexibility index (Phi) is 2.84. The molecule has 1 heteroatoms. The summed E-state index contributed by atoms with van der Waals surface area (Å²) in [6.45, 7) is 3.49. The zero-order valence-corrected chi connectivity index (χ0v) is 6.33. The third-order valence-electron chi connectivity index (χ3n) is 1.53. The third kappa shape index (κ3) is 2.19. The summed E-state index contributed by atoms with van der Waals surface area (Å²) in [4.78, 5) is 0. The minimum Gasteiger partial charge on any atom is -0.242 e. The van der Waals surface area contributed by atoms with Crippen molar-refractivity contribution >= 4 is 0 Å². The second-order valence-electron chi connectivity index (χ2n) is 2.40. The topological polar surface area (TPSA) is 0 Å². The summed E-state index contributed by atoms with van der Waals surface area (Å²) in [6.07, 6.45) is 1.09. The first-order valence-corrected chi connectivity index (χ1v) is 3.64. The lowest BCUT2D eigenvalue weighted by Crippen LogP contribution is -1.87. The first-order valence-electron chi connectivity index (χ1n) is 3.64. The Morgan fingerprint density at radius 1 is 1.36 bits per heavy atom. The monoisotopic (exact) mass is 150 g/mol. The molecule has 0 saturated heterocycles. The van der Waals surface area contributed by atoms with Gasteiger partial charge >= 0.3 is 0 Å². The van der Waals surface area contributed by atoms with Gasteiger partial charge in [0, 0.05) is 6.42 Å². The SMILES string of the molecule is C=CCC(F)c1ccccc1. The van der Waals surface area contributed by atoms with Gasteiger partial charge in [-0.2, -0.15) is 0 Å². The van der Waals surface area contributed by atoms with E-state index in [1.807, 2.05) is 18.2 Å². The fourth-order valence-electron chi connectivity index (χ4n) is 0.944. The van der Waals surface area contributed by atoms with Crippen LogP contribution in [0.15, 0.2) is 43.0 Å². The Bertz CT molecular complexity index is 216. The molecule has 0 aliphatic heterocycles. The van der Waals surface area contributed by atoms with Gasteiger partial charge in [-0.15, -0.1) is 6.58 Å². The summed E-state index contributed by atoms with van der Waals surface area (Å²) in [5, 5.41) is 0. The van der Waals surface area contributed by atoms with E-state index >= 15 is 0 Å². The smallest absolute Gasteiger partial charge is 0.129 e. The molecule has 58 valence electrons. The predicted molar refractivity (Wildman–Crippen MR) is 45.1 cm³/mol. The molecular weight excluding hydrogens is 139 g/mol. The fourth-order valence-corrected chi connectivity index (χ4v) is 0.944. The molecule has 0 radical (unpaired) electrons. The average molecular weight is 150 g/mol. The van der Waals surface area contributed by atoms with Crippen LogP contribution in [0, 0.1) is 0 Å². The lowest BCUT2D eigenvalue weighted by atomic mass is 10.1. The molecule has 1 rings (SSSR count). The van der Waals surface area contributed by atoms with Crippen molar-refractivity contribution in [2.75, 3.05) is 0 Å². The molecule has 1 atom stereocenters. The molecule has 0 amide bonds. The van der Waals surface area contributed by atoms with Crippen molar-refractivity contribution in [3.63, 3.8) is 0 Å². The molecule has 0 nitrogen and oxygen atoms in total. The highest BCUT2D eigenvalue weighted by Crippen LogP contribution is 2.20. The third-order valence-corrected chi connectivity index (χ3v) is 1.53. The van der Waals surface area contributed by atoms with Gasteiger partial charge in [0.1, 0.15) is 6.17 Å². The second kappa shape index (κ2) is 3.91. The first-order chi connectivity index (χ1) is 5.34. The van der Waals surface area contributed by atoms with Crippen LogP contribution < -0.4 is 0 Å². The van der Waals surface area contributed by atoms with E-state index in [4.69, 9.17) is 0 Å². The summed E-state index contributed by atoms with van der Waals surface area (Å²) < 4.78 is 13.1. The van der Waals surface area contributed by atoms with E-state index in [2.05, 4.69) is 6.58 Å². The Labute approximate surface area is 66.4 Å². The molecule has 0 aliphatic carbocycles. The van der Waals surface area contributed by atoms with Gasteiger partial charge in [-0.3, -0.25) is 0 Å². The molecule has 0 aliphatic rings. The van der Waals surface area contributed by atoms with Gasteiger partial charge < -0.3 is 0 Å². The summed E-state index contributed by atoms with van der Waals surface area (Å²) in [5.41, 5.74) is 0.729. The Hall–Kier alpha value is -1.11. The van der Waals surface area contributed by atoms with Gasteiger partial charge in [0.15, 0.2) is 0 Å². The van der Waals surface area contributed by atoms with E-state index in [1.54, 1.807) is 18.2 Å². The van der Waals surface area contributed by atoms with Crippen LogP contribution in [-0.4, -0.2) is 0 Å². The van der Waals surface area contributed by atoms with Crippen molar-refractivity contribution in [1.82, 2.24) is 0 Å². The molecule has 0 spiro atoms. The van der Waals surface area contributed by atoms with Gasteiger partial charge in [-0.05, 0) is 5.56 Å². The van der Waals surface area contributed by atoms with Crippen LogP contribution in [0.2, 0.25) is 0 Å². The Morgan fingerprint density at radius 2 is 2.00 bits per heavy atom. The molecule has 1 aromatic carbocycles. The number of hydrogen-bond acceptors (Lipinski definition) is 0. The molecule has 0 aromatic heterocycles. The van der Waals surface area contributed by atoms with Crippen molar-refractivity contribution in [1.29, 1.82) is 0 Å². The van der Waals surface area contributed by atoms with Crippen LogP contribution in [0.25, 0.3) is 0 Å². The minimum atomic E-state index is -0.895. The van der Waals surface area contributed by atoms with Gasteiger partial charge in [-0.1, -0.05) is 36.4 Å². The standard InChI is InChI=1S/C10H11F/c1-2-6-10(11)9-7-4-3-5-8-9/h2-5,7-8,10H,1,6H2. The van der Waals surface area contributed by atoms with E-state index in [0.29, 0.717) is 6.42 Å². The number of hydrogen-bond donors (Lipinski definition) is 0. The van der Waals surface area contributed by atoms with Gasteiger partial charge in [0.2, 0.25) is 0 Å². The van der Waals surface area contributed by atoms with Crippen LogP contribution in [0.4, 0.5) is 4.39 Å². The van der Waals surface area contributed by atoms with E-state index < -0.39 is 6.17 Å². The van der Waals surface area contributed by atoms with Gasteiger partial charge in [0.05, 0.1) is 0 Å². The quantitative estimate of drug-likeness (QED) is 0.580. The van der Waals surface area contributed by atoms with E-state index in [-0.39, 0.29) is 0 Å². The van der Waals surface area contributed by atoms with E-state index in [1.165, 1.54) is 0 Å². The van der Waals surface area contributed by atoms with Crippen LogP contribution in [-0.2, 0) is 0 Å². The molecule has 0 bridgehead atoms. The first kappa shape index (κ1) is 7.99. The van der Waals surface area contributed by atoms with E-state index in [9.17, 15) is 4.39 Å². The molecule has 0 N–H and O–H groups in total. The van der Waals surface area contributed by atoms with Crippen LogP contribution in [0.5, 0.6) is 0 Å². The number of allylic oxidation sites excluding steroid dienone is 1. The van der Waals surface area contributed by atoms with Crippen molar-refractivity contribution < 1.29 is 4.39 Å². The summed E-state index contributed by atoms with van der Waals surface area (Å²) in [5.74, 6) is 0. The molecule has 11 heavy (non-hydrogen) atoms. The van der Waals surface area contributed by atoms with Crippen molar-refractivity contribution in [2.24, 2.45) is 0 Å². The summed E-state index contributed by atoms with van der Waals surface area (Å²) in [6, 6.07) is 9.13. The normalized spacial score (nSPS) is 12.5. The number of rotatable bonds is 3. The zero-order valence-electron chi connectivity index (χ0n) is 6.33. The Morgan fingerprint density at radius 3 is 2.55 bits per heavy atom. The maximum atomic E-state index is 13.1. The maximum absolute atomic E-state index is 13.1. The number of benzene rings is 1. The lowest BCUT2D eigenvalue weighted by Gasteiger charge is -2.03. The highest BCUT2D eigenvalue weighted by molar-refractivity contribution is 5.17. The van der Waals surface area contributed by atoms with Crippen LogP contribution >= 0.6 is 0 Å². The molecule has 1 unspecified atom stereocenters. The Balaban J connectivity index is 2.68. The fraction of sp³-hybridized carbons (Fsp3) is 0.200. The molecule has 0 saturated carbocycles. The van der Waals surface area contributed by atoms with Gasteiger partial charge in [0.25, 0.3) is 0 Å². The summed E-state index contributed by atoms with van der Waals surface area (Å²) >= 11 is 0. The highest BCUT2D eigenvalue weighted by atomic mass is 19.1. The predicted octanol–water partition coefficient (Wildman–Crippen LogP) is 3.27. The largest absolute Gasteiger partial charge is 0.242 e. The zero-order chi connectivity index (χ0) is 8.10. The van der Waals surface area contributed by atoms with Crippen LogP contribution in [0.1, 0.15) is 18.2 Å². The minimum absolute atomic E-state index is 0.393. The number of alkyl halides is 1. The van der Waals surface area contributed by atoms with Crippen LogP contribution in [0.3, 0.4) is 0 Å². The second-order valence-corrected chi connectivity index (χ2v) is 2.40. The highest BCUT2D eigenvalue weighted by Gasteiger charge is 2.04. The molecule has 1 aromatic rings. The number of halogens is 1. The summed E-state index contributed by atoms with van der Waals surface area (Å²) in [7, 11) is 0. The van der Waals surface area contributed by atoms with Crippen molar-refractivity contribution in [3.05, 3.63) is 48.6 Å². The maximum Gasteiger partial charge on any atom is 0.129 e. The van der Waals surface area contributed by atoms with Gasteiger partial charge in [-0.25, -0.2) is 4.39 Å².